The van der Waals surface area contributed by atoms with Gasteiger partial charge in [-0.3, -0.25) is 4.57 Å². The molecule has 0 fully saturated rings. The monoisotopic (exact) mass is 392 g/mol. The van der Waals surface area contributed by atoms with Gasteiger partial charge in [-0.25, -0.2) is 0 Å². The molecule has 0 saturated heterocycles. The highest BCUT2D eigenvalue weighted by Gasteiger charge is 2.12. The number of hydrogen-bond donors (Lipinski definition) is 0. The Morgan fingerprint density at radius 1 is 0.885 bits per heavy atom. The van der Waals surface area contributed by atoms with Crippen molar-refractivity contribution < 1.29 is 23.0 Å². The van der Waals surface area contributed by atoms with Gasteiger partial charge in [-0.2, -0.15) is 0 Å². The van der Waals surface area contributed by atoms with Crippen LogP contribution in [0, 0.1) is 0 Å². The van der Waals surface area contributed by atoms with Crippen molar-refractivity contribution in [2.45, 2.75) is 64.2 Å². The first-order chi connectivity index (χ1) is 12.3. The number of nitrogens with zero attached hydrogens (tertiary/aromatic N) is 4. The fourth-order valence-corrected chi connectivity index (χ4v) is 3.12. The normalized spacial score (nSPS) is 14.0. The van der Waals surface area contributed by atoms with Gasteiger partial charge in [-0.15, -0.1) is 0 Å². The van der Waals surface area contributed by atoms with E-state index in [-0.39, 0.29) is 13.2 Å². The number of hydrogen-bond acceptors (Lipinski definition) is 5. The Hall–Kier alpha value is -0.620. The Morgan fingerprint density at radius 2 is 1.35 bits per heavy atom. The van der Waals surface area contributed by atoms with Crippen molar-refractivity contribution in [3.8, 4) is 0 Å². The molecule has 0 saturated carbocycles. The zero-order chi connectivity index (χ0) is 19.7. The predicted molar refractivity (Wildman–Crippen MR) is 103 cm³/mol. The third-order valence-electron chi connectivity index (χ3n) is 3.98. The molecule has 0 N–H and O–H groups in total. The molecule has 0 bridgehead atoms. The van der Waals surface area contributed by atoms with Gasteiger partial charge in [-0.1, -0.05) is 56.5 Å². The summed E-state index contributed by atoms with van der Waals surface area (Å²) in [6, 6.07) is 0. The van der Waals surface area contributed by atoms with Crippen molar-refractivity contribution in [2.24, 2.45) is 5.11 Å². The third kappa shape index (κ3) is 19.7. The van der Waals surface area contributed by atoms with Crippen LogP contribution in [0.3, 0.4) is 0 Å². The molecule has 0 aromatic rings. The molecule has 9 heteroatoms. The van der Waals surface area contributed by atoms with Crippen molar-refractivity contribution in [2.75, 3.05) is 47.4 Å². The fraction of sp³-hybridized carbons (Fsp3) is 1.00. The predicted octanol–water partition coefficient (Wildman–Crippen LogP) is 4.41. The Morgan fingerprint density at radius 3 is 1.85 bits per heavy atom. The Kier molecular flexibility index (Phi) is 15.1. The number of likely N-dealkylation sites (N-methyl/N-ethyl adjacent to an activating group) is 1. The second-order valence-electron chi connectivity index (χ2n) is 7.62. The Balaban J connectivity index is 3.37. The molecular formula is C17H37N4O4P. The molecular weight excluding hydrogens is 355 g/mol. The number of azide groups is 1. The molecule has 1 atom stereocenters. The topological polar surface area (TPSA) is 107 Å². The molecule has 154 valence electrons. The van der Waals surface area contributed by atoms with Gasteiger partial charge >= 0.3 is 0 Å². The fourth-order valence-electron chi connectivity index (χ4n) is 2.38. The number of unbranched alkanes of at least 4 members (excludes halogenated alkanes) is 9. The Bertz CT molecular complexity index is 437. The van der Waals surface area contributed by atoms with E-state index < -0.39 is 7.82 Å². The van der Waals surface area contributed by atoms with Gasteiger partial charge in [-0.05, 0) is 18.4 Å². The second-order valence-corrected chi connectivity index (χ2v) is 9.03. The summed E-state index contributed by atoms with van der Waals surface area (Å²) in [4.78, 5) is 14.3. The summed E-state index contributed by atoms with van der Waals surface area (Å²) in [5.41, 5.74) is 8.16. The van der Waals surface area contributed by atoms with E-state index in [1.54, 1.807) is 0 Å². The summed E-state index contributed by atoms with van der Waals surface area (Å²) in [6.45, 7) is 1.57. The number of phosphoric ester groups is 1. The van der Waals surface area contributed by atoms with E-state index in [2.05, 4.69) is 10.0 Å². The third-order valence-corrected chi connectivity index (χ3v) is 4.97. The summed E-state index contributed by atoms with van der Waals surface area (Å²) < 4.78 is 22.0. The van der Waals surface area contributed by atoms with Gasteiger partial charge in [0, 0.05) is 11.5 Å². The van der Waals surface area contributed by atoms with Crippen LogP contribution in [0.1, 0.15) is 64.2 Å². The average molecular weight is 392 g/mol. The quantitative estimate of drug-likeness (QED) is 0.0860. The Labute approximate surface area is 158 Å². The first kappa shape index (κ1) is 25.4. The van der Waals surface area contributed by atoms with E-state index >= 15 is 0 Å². The maximum Gasteiger partial charge on any atom is 0.268 e. The van der Waals surface area contributed by atoms with Gasteiger partial charge in [0.2, 0.25) is 0 Å². The van der Waals surface area contributed by atoms with Crippen LogP contribution in [0.5, 0.6) is 0 Å². The zero-order valence-electron chi connectivity index (χ0n) is 16.8. The average Bonchev–Trinajstić information content (AvgIpc) is 2.53. The van der Waals surface area contributed by atoms with Crippen LogP contribution in [0.15, 0.2) is 5.11 Å². The van der Waals surface area contributed by atoms with Crippen LogP contribution in [0.2, 0.25) is 0 Å². The molecule has 0 radical (unpaired) electrons. The van der Waals surface area contributed by atoms with Gasteiger partial charge in [0.15, 0.2) is 0 Å². The van der Waals surface area contributed by atoms with E-state index in [1.165, 1.54) is 32.1 Å². The number of phosphoric acid groups is 1. The van der Waals surface area contributed by atoms with Crippen molar-refractivity contribution >= 4 is 7.82 Å². The molecule has 0 aliphatic heterocycles. The molecule has 0 aromatic heterocycles. The van der Waals surface area contributed by atoms with Crippen LogP contribution in [-0.2, 0) is 13.6 Å². The molecule has 0 heterocycles. The summed E-state index contributed by atoms with van der Waals surface area (Å²) in [5.74, 6) is 0. The lowest BCUT2D eigenvalue weighted by Gasteiger charge is -2.27. The highest BCUT2D eigenvalue weighted by Crippen LogP contribution is 2.38. The summed E-state index contributed by atoms with van der Waals surface area (Å²) in [6.07, 6.45) is 11.0. The van der Waals surface area contributed by atoms with Crippen LogP contribution < -0.4 is 4.89 Å². The number of rotatable bonds is 18. The van der Waals surface area contributed by atoms with E-state index in [0.717, 1.165) is 32.1 Å². The van der Waals surface area contributed by atoms with Crippen LogP contribution in [0.25, 0.3) is 10.4 Å². The van der Waals surface area contributed by atoms with Crippen molar-refractivity contribution in [3.63, 3.8) is 0 Å². The standard InChI is InChI=1S/C17H37N4O4P/c1-21(2,3)15-17-25-26(22,23)24-16-13-11-9-7-5-4-6-8-10-12-14-19-20-18/h4-17H2,1-3H3. The second kappa shape index (κ2) is 15.4. The largest absolute Gasteiger partial charge is 0.756 e. The van der Waals surface area contributed by atoms with Gasteiger partial charge in [0.25, 0.3) is 7.82 Å². The van der Waals surface area contributed by atoms with Gasteiger partial charge in [0.1, 0.15) is 13.2 Å². The van der Waals surface area contributed by atoms with Crippen LogP contribution >= 0.6 is 7.82 Å². The molecule has 0 aliphatic carbocycles. The van der Waals surface area contributed by atoms with Crippen molar-refractivity contribution in [3.05, 3.63) is 10.4 Å². The minimum Gasteiger partial charge on any atom is -0.756 e. The lowest BCUT2D eigenvalue weighted by molar-refractivity contribution is -0.870. The molecule has 0 rings (SSSR count). The minimum atomic E-state index is -4.15. The maximum absolute atomic E-state index is 11.6. The first-order valence-electron chi connectivity index (χ1n) is 9.68. The van der Waals surface area contributed by atoms with Crippen LogP contribution in [0.4, 0.5) is 0 Å². The SMILES string of the molecule is C[N+](C)(C)CCOP(=O)([O-])OCCCCCCCCCCCCN=[N+]=[N-]. The lowest BCUT2D eigenvalue weighted by atomic mass is 10.1. The van der Waals surface area contributed by atoms with Gasteiger partial charge in [0.05, 0.1) is 27.7 Å². The lowest BCUT2D eigenvalue weighted by Crippen LogP contribution is -2.37. The van der Waals surface area contributed by atoms with Crippen molar-refractivity contribution in [1.82, 2.24) is 0 Å². The van der Waals surface area contributed by atoms with E-state index in [9.17, 15) is 9.46 Å². The first-order valence-corrected chi connectivity index (χ1v) is 11.1. The van der Waals surface area contributed by atoms with E-state index in [4.69, 9.17) is 14.6 Å². The molecule has 0 aliphatic rings. The highest BCUT2D eigenvalue weighted by atomic mass is 31.2. The summed E-state index contributed by atoms with van der Waals surface area (Å²) in [7, 11) is 1.79. The van der Waals surface area contributed by atoms with Crippen molar-refractivity contribution in [1.29, 1.82) is 0 Å². The molecule has 8 nitrogen and oxygen atoms in total. The summed E-state index contributed by atoms with van der Waals surface area (Å²) >= 11 is 0. The highest BCUT2D eigenvalue weighted by molar-refractivity contribution is 7.45. The molecule has 0 amide bonds. The molecule has 1 unspecified atom stereocenters. The van der Waals surface area contributed by atoms with Crippen LogP contribution in [-0.4, -0.2) is 51.9 Å². The van der Waals surface area contributed by atoms with E-state index in [0.29, 0.717) is 17.6 Å². The minimum absolute atomic E-state index is 0.149. The molecule has 0 aromatic carbocycles. The zero-order valence-corrected chi connectivity index (χ0v) is 17.7. The smallest absolute Gasteiger partial charge is 0.268 e. The maximum atomic E-state index is 11.6. The molecule has 26 heavy (non-hydrogen) atoms. The van der Waals surface area contributed by atoms with E-state index in [1.807, 2.05) is 21.1 Å². The summed E-state index contributed by atoms with van der Waals surface area (Å²) in [5, 5.41) is 3.52. The molecule has 0 spiro atoms. The number of quaternary nitrogens is 1. The van der Waals surface area contributed by atoms with Gasteiger partial charge < -0.3 is 18.4 Å².